The molecule has 0 amide bonds. The summed E-state index contributed by atoms with van der Waals surface area (Å²) in [6.07, 6.45) is 2.39. The van der Waals surface area contributed by atoms with Crippen LogP contribution in [0.15, 0.2) is 73.8 Å². The average molecular weight is 649 g/mol. The molecule has 0 aromatic heterocycles. The number of rotatable bonds is 18. The van der Waals surface area contributed by atoms with E-state index in [0.717, 1.165) is 12.2 Å². The maximum Gasteiger partial charge on any atom is 0.330 e. The molecule has 4 aliphatic rings. The molecule has 4 atom stereocenters. The van der Waals surface area contributed by atoms with E-state index >= 15 is 0 Å². The van der Waals surface area contributed by atoms with Crippen molar-refractivity contribution >= 4 is 23.9 Å². The minimum atomic E-state index is -1.34. The Labute approximate surface area is 273 Å². The first-order valence-electron chi connectivity index (χ1n) is 15.8. The molecule has 3 aliphatic carbocycles. The summed E-state index contributed by atoms with van der Waals surface area (Å²) in [6.45, 7) is 11.7. The highest BCUT2D eigenvalue weighted by molar-refractivity contribution is 6.01. The van der Waals surface area contributed by atoms with Gasteiger partial charge in [0.15, 0.2) is 0 Å². The molecule has 1 fully saturated rings. The van der Waals surface area contributed by atoms with Gasteiger partial charge in [0.2, 0.25) is 0 Å². The van der Waals surface area contributed by atoms with Crippen LogP contribution in [-0.2, 0) is 63.5 Å². The summed E-state index contributed by atoms with van der Waals surface area (Å²) in [7, 11) is 0. The van der Waals surface area contributed by atoms with Crippen LogP contribution in [0.3, 0.4) is 0 Å². The molecule has 2 aromatic carbocycles. The van der Waals surface area contributed by atoms with Crippen molar-refractivity contribution in [2.24, 2.45) is 11.8 Å². The van der Waals surface area contributed by atoms with Crippen molar-refractivity contribution in [3.63, 3.8) is 0 Å². The van der Waals surface area contributed by atoms with Gasteiger partial charge in [0.25, 0.3) is 0 Å². The second-order valence-corrected chi connectivity index (χ2v) is 11.7. The lowest BCUT2D eigenvalue weighted by atomic mass is 9.50. The van der Waals surface area contributed by atoms with Crippen LogP contribution in [0.25, 0.3) is 0 Å². The van der Waals surface area contributed by atoms with Crippen molar-refractivity contribution in [2.75, 3.05) is 39.6 Å². The van der Waals surface area contributed by atoms with Gasteiger partial charge in [0.1, 0.15) is 23.0 Å². The molecule has 1 aliphatic heterocycles. The normalized spacial score (nSPS) is 24.7. The molecule has 0 spiro atoms. The smallest absolute Gasteiger partial charge is 0.330 e. The van der Waals surface area contributed by atoms with E-state index in [0.29, 0.717) is 48.3 Å². The molecular weight excluding hydrogens is 608 g/mol. The highest BCUT2D eigenvalue weighted by atomic mass is 16.6. The topological polar surface area (TPSA) is 133 Å². The van der Waals surface area contributed by atoms with E-state index in [2.05, 4.69) is 13.2 Å². The fraction of sp³-hybridized carbons (Fsp3) is 0.444. The first-order chi connectivity index (χ1) is 22.7. The van der Waals surface area contributed by atoms with Crippen LogP contribution in [0, 0.1) is 11.8 Å². The molecule has 11 heteroatoms. The zero-order chi connectivity index (χ0) is 33.6. The standard InChI is InChI=1S/C36H40O11/c1-5-29(37)43-19-11-17-41-23(3)21-45-35-25-13-7-9-15-27(25)36(28-16-10-8-14-26(28)35,32-31(35)33(39)47-34(32)40)46-22-24(4)42-18-12-20-44-30(38)6-2/h5-10,13-16,23-24,31-32H,1-2,11-12,17-22H2,3-4H3. The number of hydrogen-bond donors (Lipinski definition) is 0. The summed E-state index contributed by atoms with van der Waals surface area (Å²) in [5.41, 5.74) is 0.184. The molecule has 0 saturated carbocycles. The van der Waals surface area contributed by atoms with Crippen molar-refractivity contribution < 1.29 is 52.3 Å². The van der Waals surface area contributed by atoms with Gasteiger partial charge < -0.3 is 33.2 Å². The monoisotopic (exact) mass is 648 g/mol. The Morgan fingerprint density at radius 3 is 1.40 bits per heavy atom. The van der Waals surface area contributed by atoms with E-state index in [9.17, 15) is 19.2 Å². The lowest BCUT2D eigenvalue weighted by Crippen LogP contribution is -2.63. The molecule has 0 radical (unpaired) electrons. The molecule has 11 nitrogen and oxygen atoms in total. The summed E-state index contributed by atoms with van der Waals surface area (Å²) < 4.78 is 40.8. The van der Waals surface area contributed by atoms with Crippen LogP contribution in [0.1, 0.15) is 48.9 Å². The summed E-state index contributed by atoms with van der Waals surface area (Å²) >= 11 is 0. The average Bonchev–Trinajstić information content (AvgIpc) is 3.40. The number of carbonyl (C=O) groups is 4. The molecule has 2 bridgehead atoms. The maximum absolute atomic E-state index is 13.6. The number of benzene rings is 2. The fourth-order valence-corrected chi connectivity index (χ4v) is 6.76. The zero-order valence-corrected chi connectivity index (χ0v) is 26.6. The predicted molar refractivity (Wildman–Crippen MR) is 167 cm³/mol. The van der Waals surface area contributed by atoms with Gasteiger partial charge in [-0.2, -0.15) is 0 Å². The SMILES string of the molecule is C=CC(=O)OCCCOC(C)COC12c3ccccc3C(OCC(C)OCCCOC(=O)C=C)(c3ccccc31)C1C(=O)OC(=O)C12. The molecule has 1 heterocycles. The van der Waals surface area contributed by atoms with Crippen LogP contribution in [-0.4, -0.2) is 75.7 Å². The number of ether oxygens (including phenoxy) is 7. The van der Waals surface area contributed by atoms with E-state index in [1.807, 2.05) is 62.4 Å². The Morgan fingerprint density at radius 1 is 0.702 bits per heavy atom. The Kier molecular flexibility index (Phi) is 10.7. The Balaban J connectivity index is 1.40. The number of carbonyl (C=O) groups excluding carboxylic acids is 4. The zero-order valence-electron chi connectivity index (χ0n) is 26.6. The van der Waals surface area contributed by atoms with Gasteiger partial charge in [-0.15, -0.1) is 0 Å². The Hall–Kier alpha value is -4.16. The van der Waals surface area contributed by atoms with Gasteiger partial charge in [-0.3, -0.25) is 9.59 Å². The van der Waals surface area contributed by atoms with E-state index in [-0.39, 0.29) is 26.4 Å². The molecule has 47 heavy (non-hydrogen) atoms. The lowest BCUT2D eigenvalue weighted by Gasteiger charge is -2.58. The van der Waals surface area contributed by atoms with Crippen molar-refractivity contribution in [1.29, 1.82) is 0 Å². The number of hydrogen-bond acceptors (Lipinski definition) is 11. The third-order valence-electron chi connectivity index (χ3n) is 8.67. The van der Waals surface area contributed by atoms with E-state index in [4.69, 9.17) is 33.2 Å². The van der Waals surface area contributed by atoms with Gasteiger partial charge in [-0.25, -0.2) is 9.59 Å². The highest BCUT2D eigenvalue weighted by Gasteiger charge is 2.75. The second-order valence-electron chi connectivity index (χ2n) is 11.7. The fourth-order valence-electron chi connectivity index (χ4n) is 6.76. The van der Waals surface area contributed by atoms with Crippen molar-refractivity contribution in [3.8, 4) is 0 Å². The molecule has 6 rings (SSSR count). The molecule has 4 unspecified atom stereocenters. The van der Waals surface area contributed by atoms with Gasteiger partial charge in [-0.05, 0) is 36.1 Å². The van der Waals surface area contributed by atoms with Gasteiger partial charge in [0.05, 0.1) is 51.8 Å². The van der Waals surface area contributed by atoms with E-state index in [1.165, 1.54) is 0 Å². The number of cyclic esters (lactones) is 2. The molecule has 1 saturated heterocycles. The maximum atomic E-state index is 13.6. The summed E-state index contributed by atoms with van der Waals surface area (Å²) in [5, 5.41) is 0. The first-order valence-corrected chi connectivity index (χ1v) is 15.8. The Morgan fingerprint density at radius 2 is 1.06 bits per heavy atom. The predicted octanol–water partition coefficient (Wildman–Crippen LogP) is 3.90. The van der Waals surface area contributed by atoms with Crippen molar-refractivity contribution in [2.45, 2.75) is 50.1 Å². The minimum Gasteiger partial charge on any atom is -0.462 e. The molecule has 250 valence electrons. The van der Waals surface area contributed by atoms with Crippen LogP contribution in [0.2, 0.25) is 0 Å². The van der Waals surface area contributed by atoms with Crippen molar-refractivity contribution in [1.82, 2.24) is 0 Å². The molecular formula is C36H40O11. The van der Waals surface area contributed by atoms with Crippen LogP contribution in [0.5, 0.6) is 0 Å². The third-order valence-corrected chi connectivity index (χ3v) is 8.67. The van der Waals surface area contributed by atoms with Crippen LogP contribution < -0.4 is 0 Å². The first kappa shape index (κ1) is 34.2. The lowest BCUT2D eigenvalue weighted by molar-refractivity contribution is -0.189. The molecule has 0 N–H and O–H groups in total. The minimum absolute atomic E-state index is 0.0979. The van der Waals surface area contributed by atoms with Crippen LogP contribution >= 0.6 is 0 Å². The summed E-state index contributed by atoms with van der Waals surface area (Å²) in [5.74, 6) is -4.36. The van der Waals surface area contributed by atoms with Gasteiger partial charge in [0, 0.05) is 25.0 Å². The summed E-state index contributed by atoms with van der Waals surface area (Å²) in [4.78, 5) is 49.8. The second kappa shape index (κ2) is 14.7. The third kappa shape index (κ3) is 6.40. The van der Waals surface area contributed by atoms with E-state index in [1.54, 1.807) is 0 Å². The van der Waals surface area contributed by atoms with Crippen molar-refractivity contribution in [3.05, 3.63) is 96.1 Å². The van der Waals surface area contributed by atoms with Gasteiger partial charge in [-0.1, -0.05) is 61.7 Å². The van der Waals surface area contributed by atoms with Crippen LogP contribution in [0.4, 0.5) is 0 Å². The quantitative estimate of drug-likeness (QED) is 0.0767. The summed E-state index contributed by atoms with van der Waals surface area (Å²) in [6, 6.07) is 15.1. The number of esters is 4. The Bertz CT molecular complexity index is 1360. The molecule has 2 aromatic rings. The largest absolute Gasteiger partial charge is 0.462 e. The van der Waals surface area contributed by atoms with Gasteiger partial charge >= 0.3 is 23.9 Å². The highest BCUT2D eigenvalue weighted by Crippen LogP contribution is 2.67. The van der Waals surface area contributed by atoms with E-state index < -0.39 is 59.1 Å².